The van der Waals surface area contributed by atoms with Crippen molar-refractivity contribution in [1.29, 1.82) is 0 Å². The Hall–Kier alpha value is -2.53. The van der Waals surface area contributed by atoms with E-state index in [-0.39, 0.29) is 24.0 Å². The molecule has 8 nitrogen and oxygen atoms in total. The molecule has 2 aromatic carbocycles. The average molecular weight is 572 g/mol. The van der Waals surface area contributed by atoms with Crippen LogP contribution < -0.4 is 20.1 Å². The van der Waals surface area contributed by atoms with Crippen LogP contribution in [0.5, 0.6) is 11.5 Å². The number of nitrogens with one attached hydrogen (secondary N) is 2. The lowest BCUT2D eigenvalue weighted by Gasteiger charge is -2.12. The lowest BCUT2D eigenvalue weighted by molar-refractivity contribution is 0.378. The molecule has 32 heavy (non-hydrogen) atoms. The molecule has 1 heterocycles. The highest BCUT2D eigenvalue weighted by molar-refractivity contribution is 14.0. The van der Waals surface area contributed by atoms with Crippen LogP contribution in [0.15, 0.2) is 52.0 Å². The predicted octanol–water partition coefficient (Wildman–Crippen LogP) is 4.32. The first-order valence-electron chi connectivity index (χ1n) is 9.94. The van der Waals surface area contributed by atoms with Crippen LogP contribution in [0.3, 0.4) is 0 Å². The molecule has 0 atom stereocenters. The Kier molecular flexibility index (Phi) is 10.5. The largest absolute Gasteiger partial charge is 0.497 e. The Morgan fingerprint density at radius 1 is 1.09 bits per heavy atom. The van der Waals surface area contributed by atoms with E-state index in [0.29, 0.717) is 42.2 Å². The number of aromatic nitrogens is 2. The first-order valence-corrected chi connectivity index (χ1v) is 10.3. The minimum Gasteiger partial charge on any atom is -0.497 e. The van der Waals surface area contributed by atoms with Crippen LogP contribution in [-0.2, 0) is 13.0 Å². The molecule has 0 saturated carbocycles. The quantitative estimate of drug-likeness (QED) is 0.224. The van der Waals surface area contributed by atoms with Gasteiger partial charge in [0.25, 0.3) is 0 Å². The second kappa shape index (κ2) is 13.1. The number of benzene rings is 2. The van der Waals surface area contributed by atoms with E-state index in [4.69, 9.17) is 25.6 Å². The number of aliphatic imine (C=N–C) groups is 1. The standard InChI is InChI=1S/C22H26ClN5O3.HI/c1-4-24-22(26-14-16-7-10-18(29-2)13-19(16)30-3)25-12-11-20-27-21(28-31-20)15-5-8-17(23)9-6-15;/h5-10,13H,4,11-12,14H2,1-3H3,(H2,24,25,26);1H. The van der Waals surface area contributed by atoms with Crippen LogP contribution in [0.25, 0.3) is 11.4 Å². The summed E-state index contributed by atoms with van der Waals surface area (Å²) < 4.78 is 16.0. The van der Waals surface area contributed by atoms with Crippen LogP contribution in [0.1, 0.15) is 18.4 Å². The maximum Gasteiger partial charge on any atom is 0.228 e. The monoisotopic (exact) mass is 571 g/mol. The summed E-state index contributed by atoms with van der Waals surface area (Å²) in [7, 11) is 3.26. The third-order valence-electron chi connectivity index (χ3n) is 4.45. The fourth-order valence-electron chi connectivity index (χ4n) is 2.85. The third kappa shape index (κ3) is 7.27. The summed E-state index contributed by atoms with van der Waals surface area (Å²) in [4.78, 5) is 9.07. The second-order valence-electron chi connectivity index (χ2n) is 6.57. The van der Waals surface area contributed by atoms with Crippen LogP contribution >= 0.6 is 35.6 Å². The number of nitrogens with zero attached hydrogens (tertiary/aromatic N) is 3. The van der Waals surface area contributed by atoms with Gasteiger partial charge in [-0.3, -0.25) is 0 Å². The van der Waals surface area contributed by atoms with Gasteiger partial charge >= 0.3 is 0 Å². The summed E-state index contributed by atoms with van der Waals surface area (Å²) in [6, 6.07) is 13.0. The van der Waals surface area contributed by atoms with E-state index in [9.17, 15) is 0 Å². The van der Waals surface area contributed by atoms with E-state index in [1.807, 2.05) is 37.3 Å². The predicted molar refractivity (Wildman–Crippen MR) is 136 cm³/mol. The van der Waals surface area contributed by atoms with Gasteiger partial charge in [0.15, 0.2) is 5.96 Å². The molecule has 0 aliphatic heterocycles. The van der Waals surface area contributed by atoms with Crippen LogP contribution in [0, 0.1) is 0 Å². The topological polar surface area (TPSA) is 93.8 Å². The molecule has 0 aliphatic carbocycles. The number of hydrogen-bond acceptors (Lipinski definition) is 6. The molecule has 0 bridgehead atoms. The summed E-state index contributed by atoms with van der Waals surface area (Å²) in [6.45, 7) is 3.81. The van der Waals surface area contributed by atoms with E-state index >= 15 is 0 Å². The van der Waals surface area contributed by atoms with Crippen molar-refractivity contribution >= 4 is 41.5 Å². The molecule has 2 N–H and O–H groups in total. The van der Waals surface area contributed by atoms with Gasteiger partial charge in [0.1, 0.15) is 11.5 Å². The molecule has 172 valence electrons. The highest BCUT2D eigenvalue weighted by Gasteiger charge is 2.09. The van der Waals surface area contributed by atoms with Crippen molar-refractivity contribution in [3.63, 3.8) is 0 Å². The maximum atomic E-state index is 5.92. The number of halogens is 2. The first-order chi connectivity index (χ1) is 15.1. The van der Waals surface area contributed by atoms with Gasteiger partial charge < -0.3 is 24.6 Å². The van der Waals surface area contributed by atoms with Crippen molar-refractivity contribution in [2.24, 2.45) is 4.99 Å². The van der Waals surface area contributed by atoms with Gasteiger partial charge in [-0.2, -0.15) is 4.98 Å². The van der Waals surface area contributed by atoms with Crippen molar-refractivity contribution < 1.29 is 14.0 Å². The molecular weight excluding hydrogens is 545 g/mol. The van der Waals surface area contributed by atoms with Gasteiger partial charge in [0, 0.05) is 41.7 Å². The Labute approximate surface area is 209 Å². The van der Waals surface area contributed by atoms with E-state index in [2.05, 4.69) is 25.8 Å². The SMILES string of the molecule is CCNC(=NCc1ccc(OC)cc1OC)NCCc1nc(-c2ccc(Cl)cc2)no1.I. The number of methoxy groups -OCH3 is 2. The zero-order valence-corrected chi connectivity index (χ0v) is 21.3. The zero-order valence-electron chi connectivity index (χ0n) is 18.2. The lowest BCUT2D eigenvalue weighted by Crippen LogP contribution is -2.38. The summed E-state index contributed by atoms with van der Waals surface area (Å²) in [5.41, 5.74) is 1.82. The van der Waals surface area contributed by atoms with Crippen molar-refractivity contribution in [1.82, 2.24) is 20.8 Å². The van der Waals surface area contributed by atoms with E-state index in [1.165, 1.54) is 0 Å². The minimum absolute atomic E-state index is 0. The maximum absolute atomic E-state index is 5.92. The number of guanidine groups is 1. The number of hydrogen-bond donors (Lipinski definition) is 2. The molecule has 0 fully saturated rings. The summed E-state index contributed by atoms with van der Waals surface area (Å²) >= 11 is 5.92. The van der Waals surface area contributed by atoms with Crippen LogP contribution in [0.4, 0.5) is 0 Å². The Balaban J connectivity index is 0.00000363. The average Bonchev–Trinajstić information content (AvgIpc) is 3.26. The number of rotatable bonds is 9. The summed E-state index contributed by atoms with van der Waals surface area (Å²) in [5, 5.41) is 11.2. The highest BCUT2D eigenvalue weighted by atomic mass is 127. The van der Waals surface area contributed by atoms with E-state index in [1.54, 1.807) is 26.4 Å². The normalized spacial score (nSPS) is 10.9. The van der Waals surface area contributed by atoms with Crippen molar-refractivity contribution in [3.05, 3.63) is 58.9 Å². The van der Waals surface area contributed by atoms with Crippen LogP contribution in [-0.4, -0.2) is 43.4 Å². The number of ether oxygens (including phenoxy) is 2. The smallest absolute Gasteiger partial charge is 0.228 e. The van der Waals surface area contributed by atoms with Gasteiger partial charge in [0.05, 0.1) is 20.8 Å². The fourth-order valence-corrected chi connectivity index (χ4v) is 2.97. The second-order valence-corrected chi connectivity index (χ2v) is 7.00. The third-order valence-corrected chi connectivity index (χ3v) is 4.70. The Morgan fingerprint density at radius 3 is 2.56 bits per heavy atom. The van der Waals surface area contributed by atoms with Crippen LogP contribution in [0.2, 0.25) is 5.02 Å². The molecule has 0 radical (unpaired) electrons. The molecule has 0 saturated heterocycles. The van der Waals surface area contributed by atoms with Crippen molar-refractivity contribution in [3.8, 4) is 22.9 Å². The van der Waals surface area contributed by atoms with Gasteiger partial charge in [0.2, 0.25) is 11.7 Å². The van der Waals surface area contributed by atoms with Crippen molar-refractivity contribution in [2.75, 3.05) is 27.3 Å². The van der Waals surface area contributed by atoms with Gasteiger partial charge in [-0.1, -0.05) is 16.8 Å². The molecular formula is C22H27ClIN5O3. The van der Waals surface area contributed by atoms with Crippen molar-refractivity contribution in [2.45, 2.75) is 19.9 Å². The van der Waals surface area contributed by atoms with Gasteiger partial charge in [-0.05, 0) is 43.3 Å². The van der Waals surface area contributed by atoms with E-state index < -0.39 is 0 Å². The summed E-state index contributed by atoms with van der Waals surface area (Å²) in [5.74, 6) is 3.26. The van der Waals surface area contributed by atoms with E-state index in [0.717, 1.165) is 29.2 Å². The molecule has 0 aliphatic rings. The zero-order chi connectivity index (χ0) is 22.1. The summed E-state index contributed by atoms with van der Waals surface area (Å²) in [6.07, 6.45) is 0.566. The fraction of sp³-hybridized carbons (Fsp3) is 0.318. The molecule has 10 heteroatoms. The molecule has 1 aromatic heterocycles. The molecule has 3 rings (SSSR count). The Bertz CT molecular complexity index is 1010. The molecule has 0 unspecified atom stereocenters. The molecule has 0 spiro atoms. The molecule has 3 aromatic rings. The Morgan fingerprint density at radius 2 is 1.88 bits per heavy atom. The lowest BCUT2D eigenvalue weighted by atomic mass is 10.2. The molecule has 0 amide bonds. The van der Waals surface area contributed by atoms with Gasteiger partial charge in [-0.25, -0.2) is 4.99 Å². The first kappa shape index (κ1) is 25.7. The minimum atomic E-state index is 0. The highest BCUT2D eigenvalue weighted by Crippen LogP contribution is 2.25. The van der Waals surface area contributed by atoms with Gasteiger partial charge in [-0.15, -0.1) is 24.0 Å².